The maximum absolute atomic E-state index is 5.51. The van der Waals surface area contributed by atoms with E-state index in [1.165, 1.54) is 0 Å². The lowest BCUT2D eigenvalue weighted by molar-refractivity contribution is 1.46. The highest BCUT2D eigenvalue weighted by Gasteiger charge is 1.89. The topological polar surface area (TPSA) is 26.0 Å². The number of rotatable bonds is 2. The van der Waals surface area contributed by atoms with E-state index in [9.17, 15) is 0 Å². The molecule has 0 spiro atoms. The average Bonchev–Trinajstić information content (AvgIpc) is 2.04. The molecule has 0 saturated carbocycles. The summed E-state index contributed by atoms with van der Waals surface area (Å²) in [6.45, 7) is 0. The first-order chi connectivity index (χ1) is 5.33. The van der Waals surface area contributed by atoms with E-state index in [0.29, 0.717) is 5.75 Å². The van der Waals surface area contributed by atoms with E-state index in [1.54, 1.807) is 11.8 Å². The summed E-state index contributed by atoms with van der Waals surface area (Å²) >= 11 is 1.64. The second-order valence-electron chi connectivity index (χ2n) is 2.06. The van der Waals surface area contributed by atoms with Crippen molar-refractivity contribution >= 4 is 17.4 Å². The summed E-state index contributed by atoms with van der Waals surface area (Å²) in [7, 11) is 0. The molecule has 0 atom stereocenters. The van der Waals surface area contributed by atoms with Gasteiger partial charge in [-0.25, -0.2) is 0 Å². The lowest BCUT2D eigenvalue weighted by Gasteiger charge is -1.96. The zero-order valence-electron chi connectivity index (χ0n) is 6.08. The van der Waals surface area contributed by atoms with Crippen LogP contribution in [-0.2, 0) is 0 Å². The van der Waals surface area contributed by atoms with E-state index in [0.717, 1.165) is 10.6 Å². The van der Waals surface area contributed by atoms with E-state index in [2.05, 4.69) is 5.92 Å². The zero-order valence-corrected chi connectivity index (χ0v) is 6.90. The number of terminal acetylenes is 1. The van der Waals surface area contributed by atoms with Crippen molar-refractivity contribution in [2.45, 2.75) is 4.90 Å². The predicted octanol–water partition coefficient (Wildman–Crippen LogP) is 1.99. The van der Waals surface area contributed by atoms with Gasteiger partial charge in [0.2, 0.25) is 0 Å². The van der Waals surface area contributed by atoms with E-state index in [1.807, 2.05) is 24.3 Å². The monoisotopic (exact) mass is 163 g/mol. The van der Waals surface area contributed by atoms with Gasteiger partial charge in [-0.3, -0.25) is 0 Å². The lowest BCUT2D eigenvalue weighted by atomic mass is 10.3. The van der Waals surface area contributed by atoms with Crippen LogP contribution in [0, 0.1) is 12.3 Å². The van der Waals surface area contributed by atoms with Crippen LogP contribution in [0.4, 0.5) is 5.69 Å². The second-order valence-corrected chi connectivity index (χ2v) is 3.11. The van der Waals surface area contributed by atoms with E-state index < -0.39 is 0 Å². The van der Waals surface area contributed by atoms with Gasteiger partial charge in [0.1, 0.15) is 0 Å². The van der Waals surface area contributed by atoms with Crippen molar-refractivity contribution in [2.24, 2.45) is 0 Å². The molecule has 1 nitrogen and oxygen atoms in total. The van der Waals surface area contributed by atoms with Crippen molar-refractivity contribution in [3.8, 4) is 12.3 Å². The molecular formula is C9H9NS. The van der Waals surface area contributed by atoms with Gasteiger partial charge in [-0.05, 0) is 24.3 Å². The Kier molecular flexibility index (Phi) is 2.88. The highest BCUT2D eigenvalue weighted by molar-refractivity contribution is 7.99. The third-order valence-corrected chi connectivity index (χ3v) is 2.12. The molecule has 0 bridgehead atoms. The van der Waals surface area contributed by atoms with Gasteiger partial charge in [0.05, 0.1) is 5.75 Å². The standard InChI is InChI=1S/C9H9NS/c1-2-7-11-9-5-3-8(10)4-6-9/h1,3-6H,7,10H2. The highest BCUT2D eigenvalue weighted by atomic mass is 32.2. The Morgan fingerprint density at radius 3 is 2.55 bits per heavy atom. The maximum atomic E-state index is 5.51. The van der Waals surface area contributed by atoms with E-state index >= 15 is 0 Å². The number of nitrogen functional groups attached to an aromatic ring is 1. The molecule has 0 saturated heterocycles. The molecule has 56 valence electrons. The van der Waals surface area contributed by atoms with Crippen LogP contribution in [0.1, 0.15) is 0 Å². The molecule has 0 aliphatic carbocycles. The fourth-order valence-corrected chi connectivity index (χ4v) is 1.27. The summed E-state index contributed by atoms with van der Waals surface area (Å²) in [4.78, 5) is 1.16. The third kappa shape index (κ3) is 2.57. The van der Waals surface area contributed by atoms with E-state index in [4.69, 9.17) is 12.2 Å². The zero-order chi connectivity index (χ0) is 8.10. The van der Waals surface area contributed by atoms with Crippen molar-refractivity contribution in [3.63, 3.8) is 0 Å². The molecule has 1 rings (SSSR count). The molecule has 2 heteroatoms. The van der Waals surface area contributed by atoms with Crippen LogP contribution in [0.15, 0.2) is 29.2 Å². The van der Waals surface area contributed by atoms with Crippen molar-refractivity contribution < 1.29 is 0 Å². The summed E-state index contributed by atoms with van der Waals surface area (Å²) < 4.78 is 0. The highest BCUT2D eigenvalue weighted by Crippen LogP contribution is 2.17. The van der Waals surface area contributed by atoms with Crippen LogP contribution in [0.5, 0.6) is 0 Å². The summed E-state index contributed by atoms with van der Waals surface area (Å²) in [6, 6.07) is 7.69. The van der Waals surface area contributed by atoms with Crippen LogP contribution in [-0.4, -0.2) is 5.75 Å². The smallest absolute Gasteiger partial charge is 0.0592 e. The first-order valence-corrected chi connectivity index (χ1v) is 4.23. The minimum absolute atomic E-state index is 0.712. The summed E-state index contributed by atoms with van der Waals surface area (Å²) in [5, 5.41) is 0. The molecule has 0 radical (unpaired) electrons. The average molecular weight is 163 g/mol. The normalized spacial score (nSPS) is 9.00. The van der Waals surface area contributed by atoms with Gasteiger partial charge < -0.3 is 5.73 Å². The molecule has 0 aliphatic rings. The molecule has 0 aromatic heterocycles. The molecule has 0 fully saturated rings. The molecule has 2 N–H and O–H groups in total. The van der Waals surface area contributed by atoms with Crippen LogP contribution >= 0.6 is 11.8 Å². The van der Waals surface area contributed by atoms with Gasteiger partial charge in [-0.15, -0.1) is 18.2 Å². The molecule has 0 unspecified atom stereocenters. The fraction of sp³-hybridized carbons (Fsp3) is 0.111. The quantitative estimate of drug-likeness (QED) is 0.410. The Morgan fingerprint density at radius 1 is 1.36 bits per heavy atom. The van der Waals surface area contributed by atoms with Gasteiger partial charge >= 0.3 is 0 Å². The number of nitrogens with two attached hydrogens (primary N) is 1. The minimum atomic E-state index is 0.712. The van der Waals surface area contributed by atoms with Crippen LogP contribution in [0.2, 0.25) is 0 Å². The SMILES string of the molecule is C#CCSc1ccc(N)cc1. The third-order valence-electron chi connectivity index (χ3n) is 1.20. The van der Waals surface area contributed by atoms with Crippen molar-refractivity contribution in [3.05, 3.63) is 24.3 Å². The Balaban J connectivity index is 2.60. The molecule has 1 aromatic carbocycles. The predicted molar refractivity (Wildman–Crippen MR) is 50.4 cm³/mol. The Hall–Kier alpha value is -1.07. The number of hydrogen-bond donors (Lipinski definition) is 1. The molecule has 11 heavy (non-hydrogen) atoms. The molecule has 1 aromatic rings. The summed E-state index contributed by atoms with van der Waals surface area (Å²) in [6.07, 6.45) is 5.11. The summed E-state index contributed by atoms with van der Waals surface area (Å²) in [5.74, 6) is 3.27. The van der Waals surface area contributed by atoms with E-state index in [-0.39, 0.29) is 0 Å². The van der Waals surface area contributed by atoms with Crippen LogP contribution in [0.25, 0.3) is 0 Å². The Morgan fingerprint density at radius 2 is 2.00 bits per heavy atom. The van der Waals surface area contributed by atoms with Crippen LogP contribution < -0.4 is 5.73 Å². The molecule has 0 heterocycles. The first kappa shape index (κ1) is 8.03. The van der Waals surface area contributed by atoms with Crippen molar-refractivity contribution in [2.75, 3.05) is 11.5 Å². The largest absolute Gasteiger partial charge is 0.399 e. The molecule has 0 amide bonds. The van der Waals surface area contributed by atoms with Gasteiger partial charge in [0.25, 0.3) is 0 Å². The van der Waals surface area contributed by atoms with Gasteiger partial charge in [0, 0.05) is 10.6 Å². The second kappa shape index (κ2) is 3.95. The molecule has 0 aliphatic heterocycles. The Bertz CT molecular complexity index is 258. The van der Waals surface area contributed by atoms with Crippen molar-refractivity contribution in [1.29, 1.82) is 0 Å². The Labute approximate surface area is 71.0 Å². The number of thioether (sulfide) groups is 1. The van der Waals surface area contributed by atoms with Gasteiger partial charge in [-0.1, -0.05) is 5.92 Å². The van der Waals surface area contributed by atoms with Gasteiger partial charge in [0.15, 0.2) is 0 Å². The number of anilines is 1. The van der Waals surface area contributed by atoms with Gasteiger partial charge in [-0.2, -0.15) is 0 Å². The molecular weight excluding hydrogens is 154 g/mol. The van der Waals surface area contributed by atoms with Crippen molar-refractivity contribution in [1.82, 2.24) is 0 Å². The minimum Gasteiger partial charge on any atom is -0.399 e. The number of benzene rings is 1. The number of hydrogen-bond acceptors (Lipinski definition) is 2. The maximum Gasteiger partial charge on any atom is 0.0592 e. The van der Waals surface area contributed by atoms with Crippen LogP contribution in [0.3, 0.4) is 0 Å². The first-order valence-electron chi connectivity index (χ1n) is 3.25. The lowest BCUT2D eigenvalue weighted by Crippen LogP contribution is -1.82. The fourth-order valence-electron chi connectivity index (χ4n) is 0.689. The summed E-state index contributed by atoms with van der Waals surface area (Å²) in [5.41, 5.74) is 6.29.